The number of hydrogen-bond donors (Lipinski definition) is 1. The quantitative estimate of drug-likeness (QED) is 0.839. The van der Waals surface area contributed by atoms with Crippen LogP contribution in [0, 0.1) is 6.92 Å². The maximum Gasteiger partial charge on any atom is 0.225 e. The highest BCUT2D eigenvalue weighted by Gasteiger charge is 2.30. The fourth-order valence-electron chi connectivity index (χ4n) is 2.48. The van der Waals surface area contributed by atoms with E-state index in [1.807, 2.05) is 37.1 Å². The molecule has 1 unspecified atom stereocenters. The molecule has 1 heterocycles. The third kappa shape index (κ3) is 4.79. The lowest BCUT2D eigenvalue weighted by atomic mass is 10.2. The van der Waals surface area contributed by atoms with Crippen molar-refractivity contribution < 1.29 is 13.2 Å². The molecule has 122 valence electrons. The van der Waals surface area contributed by atoms with E-state index in [1.165, 1.54) is 0 Å². The molecule has 1 aromatic carbocycles. The SMILES string of the molecule is Cc1ccc(NC(=O)CCN(C)C2CCS(=O)(=O)C2)cc1Br. The Hall–Kier alpha value is -0.920. The van der Waals surface area contributed by atoms with E-state index in [4.69, 9.17) is 0 Å². The Morgan fingerprint density at radius 3 is 2.77 bits per heavy atom. The van der Waals surface area contributed by atoms with Crippen molar-refractivity contribution in [2.24, 2.45) is 0 Å². The third-order valence-electron chi connectivity index (χ3n) is 3.98. The van der Waals surface area contributed by atoms with E-state index >= 15 is 0 Å². The van der Waals surface area contributed by atoms with Gasteiger partial charge in [-0.3, -0.25) is 4.79 Å². The zero-order chi connectivity index (χ0) is 16.3. The lowest BCUT2D eigenvalue weighted by Crippen LogP contribution is -2.35. The van der Waals surface area contributed by atoms with Crippen molar-refractivity contribution in [2.75, 3.05) is 30.4 Å². The predicted molar refractivity (Wildman–Crippen MR) is 91.8 cm³/mol. The molecular weight excluding hydrogens is 368 g/mol. The highest BCUT2D eigenvalue weighted by molar-refractivity contribution is 9.10. The van der Waals surface area contributed by atoms with Crippen LogP contribution < -0.4 is 5.32 Å². The molecule has 1 amide bonds. The number of carbonyl (C=O) groups excluding carboxylic acids is 1. The summed E-state index contributed by atoms with van der Waals surface area (Å²) in [5.74, 6) is 0.394. The summed E-state index contributed by atoms with van der Waals surface area (Å²) < 4.78 is 23.9. The molecule has 1 N–H and O–H groups in total. The monoisotopic (exact) mass is 388 g/mol. The van der Waals surface area contributed by atoms with Crippen LogP contribution in [0.3, 0.4) is 0 Å². The average Bonchev–Trinajstić information content (AvgIpc) is 2.81. The van der Waals surface area contributed by atoms with E-state index in [0.717, 1.165) is 15.7 Å². The van der Waals surface area contributed by atoms with Crippen LogP contribution in [0.5, 0.6) is 0 Å². The average molecular weight is 389 g/mol. The van der Waals surface area contributed by atoms with Gasteiger partial charge in [-0.05, 0) is 38.1 Å². The molecule has 22 heavy (non-hydrogen) atoms. The van der Waals surface area contributed by atoms with Crippen LogP contribution in [0.25, 0.3) is 0 Å². The van der Waals surface area contributed by atoms with Gasteiger partial charge in [-0.1, -0.05) is 22.0 Å². The smallest absolute Gasteiger partial charge is 0.225 e. The first-order chi connectivity index (χ1) is 10.3. The third-order valence-corrected chi connectivity index (χ3v) is 6.58. The highest BCUT2D eigenvalue weighted by atomic mass is 79.9. The largest absolute Gasteiger partial charge is 0.326 e. The van der Waals surface area contributed by atoms with Crippen LogP contribution in [-0.4, -0.2) is 50.4 Å². The normalized spacial score (nSPS) is 20.3. The van der Waals surface area contributed by atoms with Gasteiger partial charge in [-0.15, -0.1) is 0 Å². The summed E-state index contributed by atoms with van der Waals surface area (Å²) in [5, 5.41) is 2.86. The standard InChI is InChI=1S/C15H21BrN2O3S/c1-11-3-4-12(9-14(11)16)17-15(19)5-7-18(2)13-6-8-22(20,21)10-13/h3-4,9,13H,5-8,10H2,1-2H3,(H,17,19). The fourth-order valence-corrected chi connectivity index (χ4v) is 4.66. The summed E-state index contributed by atoms with van der Waals surface area (Å²) in [6.07, 6.45) is 1.00. The maximum absolute atomic E-state index is 12.0. The van der Waals surface area contributed by atoms with Crippen molar-refractivity contribution in [2.45, 2.75) is 25.8 Å². The van der Waals surface area contributed by atoms with Gasteiger partial charge in [0.15, 0.2) is 9.84 Å². The van der Waals surface area contributed by atoms with E-state index in [-0.39, 0.29) is 23.5 Å². The molecular formula is C15H21BrN2O3S. The summed E-state index contributed by atoms with van der Waals surface area (Å²) in [6, 6.07) is 5.72. The van der Waals surface area contributed by atoms with Gasteiger partial charge in [0, 0.05) is 29.2 Å². The molecule has 1 aliphatic rings. The number of hydrogen-bond acceptors (Lipinski definition) is 4. The second-order valence-electron chi connectivity index (χ2n) is 5.80. The van der Waals surface area contributed by atoms with E-state index in [9.17, 15) is 13.2 Å². The zero-order valence-electron chi connectivity index (χ0n) is 12.8. The first-order valence-corrected chi connectivity index (χ1v) is 9.85. The summed E-state index contributed by atoms with van der Waals surface area (Å²) in [6.45, 7) is 2.54. The molecule has 0 bridgehead atoms. The minimum atomic E-state index is -2.88. The Kier molecular flexibility index (Phi) is 5.63. The highest BCUT2D eigenvalue weighted by Crippen LogP contribution is 2.21. The lowest BCUT2D eigenvalue weighted by molar-refractivity contribution is -0.116. The van der Waals surface area contributed by atoms with Gasteiger partial charge < -0.3 is 10.2 Å². The maximum atomic E-state index is 12.0. The summed E-state index contributed by atoms with van der Waals surface area (Å²) in [5.41, 5.74) is 1.87. The fraction of sp³-hybridized carbons (Fsp3) is 0.533. The number of anilines is 1. The van der Waals surface area contributed by atoms with Gasteiger partial charge in [0.2, 0.25) is 5.91 Å². The molecule has 1 fully saturated rings. The molecule has 0 spiro atoms. The minimum Gasteiger partial charge on any atom is -0.326 e. The van der Waals surface area contributed by atoms with E-state index in [2.05, 4.69) is 21.2 Å². The second-order valence-corrected chi connectivity index (χ2v) is 8.88. The van der Waals surface area contributed by atoms with Crippen LogP contribution in [0.2, 0.25) is 0 Å². The summed E-state index contributed by atoms with van der Waals surface area (Å²) in [4.78, 5) is 14.0. The Morgan fingerprint density at radius 2 is 2.18 bits per heavy atom. The Morgan fingerprint density at radius 1 is 1.45 bits per heavy atom. The van der Waals surface area contributed by atoms with Crippen molar-refractivity contribution >= 4 is 37.4 Å². The van der Waals surface area contributed by atoms with Crippen molar-refractivity contribution in [1.29, 1.82) is 0 Å². The van der Waals surface area contributed by atoms with Crippen molar-refractivity contribution in [1.82, 2.24) is 4.90 Å². The van der Waals surface area contributed by atoms with Gasteiger partial charge in [0.1, 0.15) is 0 Å². The number of amides is 1. The summed E-state index contributed by atoms with van der Waals surface area (Å²) in [7, 11) is -1.01. The van der Waals surface area contributed by atoms with Crippen molar-refractivity contribution in [3.8, 4) is 0 Å². The molecule has 1 aliphatic heterocycles. The number of carbonyl (C=O) groups is 1. The Bertz CT molecular complexity index is 661. The molecule has 7 heteroatoms. The topological polar surface area (TPSA) is 66.5 Å². The molecule has 1 saturated heterocycles. The van der Waals surface area contributed by atoms with Gasteiger partial charge >= 0.3 is 0 Å². The minimum absolute atomic E-state index is 0.0336. The van der Waals surface area contributed by atoms with Crippen molar-refractivity contribution in [3.05, 3.63) is 28.2 Å². The number of sulfone groups is 1. The van der Waals surface area contributed by atoms with Gasteiger partial charge in [-0.25, -0.2) is 8.42 Å². The molecule has 5 nitrogen and oxygen atoms in total. The second kappa shape index (κ2) is 7.10. The Balaban J connectivity index is 1.81. The number of nitrogens with zero attached hydrogens (tertiary/aromatic N) is 1. The number of nitrogens with one attached hydrogen (secondary N) is 1. The van der Waals surface area contributed by atoms with Crippen LogP contribution in [0.4, 0.5) is 5.69 Å². The van der Waals surface area contributed by atoms with Gasteiger partial charge in [0.25, 0.3) is 0 Å². The predicted octanol–water partition coefficient (Wildman–Crippen LogP) is 2.21. The molecule has 0 saturated carbocycles. The first-order valence-electron chi connectivity index (χ1n) is 7.23. The van der Waals surface area contributed by atoms with Crippen LogP contribution in [0.1, 0.15) is 18.4 Å². The summed E-state index contributed by atoms with van der Waals surface area (Å²) >= 11 is 3.44. The number of rotatable bonds is 5. The van der Waals surface area contributed by atoms with E-state index < -0.39 is 9.84 Å². The molecule has 1 atom stereocenters. The molecule has 1 aromatic rings. The molecule has 0 aromatic heterocycles. The lowest BCUT2D eigenvalue weighted by Gasteiger charge is -2.22. The molecule has 0 radical (unpaired) electrons. The number of halogens is 1. The van der Waals surface area contributed by atoms with Crippen LogP contribution >= 0.6 is 15.9 Å². The zero-order valence-corrected chi connectivity index (χ0v) is 15.2. The Labute approximate surface area is 140 Å². The van der Waals surface area contributed by atoms with E-state index in [0.29, 0.717) is 19.4 Å². The van der Waals surface area contributed by atoms with Crippen molar-refractivity contribution in [3.63, 3.8) is 0 Å². The van der Waals surface area contributed by atoms with Crippen LogP contribution in [0.15, 0.2) is 22.7 Å². The number of benzene rings is 1. The van der Waals surface area contributed by atoms with E-state index in [1.54, 1.807) is 0 Å². The van der Waals surface area contributed by atoms with Gasteiger partial charge in [0.05, 0.1) is 11.5 Å². The van der Waals surface area contributed by atoms with Gasteiger partial charge in [-0.2, -0.15) is 0 Å². The van der Waals surface area contributed by atoms with Crippen LogP contribution in [-0.2, 0) is 14.6 Å². The number of aryl methyl sites for hydroxylation is 1. The molecule has 2 rings (SSSR count). The molecule has 0 aliphatic carbocycles. The first kappa shape index (κ1) is 17.4.